The molecule has 2 aromatic carbocycles. The van der Waals surface area contributed by atoms with Crippen molar-refractivity contribution < 1.29 is 64.4 Å². The summed E-state index contributed by atoms with van der Waals surface area (Å²) in [5.41, 5.74) is 1.73. The fraction of sp³-hybridized carbons (Fsp3) is 0.556. The Bertz CT molecular complexity index is 2420. The number of aliphatic hydroxyl groups is 2. The molecule has 0 radical (unpaired) electrons. The molecule has 6 N–H and O–H groups in total. The van der Waals surface area contributed by atoms with Crippen LogP contribution in [0.4, 0.5) is 35.1 Å². The van der Waals surface area contributed by atoms with Gasteiger partial charge < -0.3 is 41.0 Å². The number of halogens is 8. The molecule has 0 saturated heterocycles. The van der Waals surface area contributed by atoms with E-state index in [9.17, 15) is 54.9 Å². The number of ether oxygens (including phenoxy) is 2. The maximum absolute atomic E-state index is 14.4. The molecule has 2 aromatic heterocycles. The highest BCUT2D eigenvalue weighted by atomic mass is 19.4. The van der Waals surface area contributed by atoms with Gasteiger partial charge in [0.15, 0.2) is 0 Å². The molecular formula is C54H64F8N6O6. The van der Waals surface area contributed by atoms with E-state index >= 15 is 0 Å². The van der Waals surface area contributed by atoms with Crippen molar-refractivity contribution in [3.63, 3.8) is 0 Å². The van der Waals surface area contributed by atoms with Gasteiger partial charge in [-0.25, -0.2) is 18.7 Å². The van der Waals surface area contributed by atoms with Crippen LogP contribution in [0.3, 0.4) is 0 Å². The molecule has 8 rings (SSSR count). The largest absolute Gasteiger partial charge is 0.471 e. The Morgan fingerprint density at radius 1 is 0.622 bits per heavy atom. The first-order chi connectivity index (χ1) is 35.0. The first-order valence-electron chi connectivity index (χ1n) is 25.4. The number of carbonyl (C=O) groups is 2. The second-order valence-electron chi connectivity index (χ2n) is 21.0. The Hall–Kier alpha value is -5.44. The molecule has 4 heterocycles. The summed E-state index contributed by atoms with van der Waals surface area (Å²) in [4.78, 5) is 36.2. The average molecular weight is 1050 g/mol. The van der Waals surface area contributed by atoms with Gasteiger partial charge in [0.1, 0.15) is 22.8 Å². The van der Waals surface area contributed by atoms with Crippen molar-refractivity contribution in [2.75, 3.05) is 13.1 Å². The second kappa shape index (κ2) is 22.8. The van der Waals surface area contributed by atoms with Crippen molar-refractivity contribution in [2.24, 2.45) is 11.8 Å². The summed E-state index contributed by atoms with van der Waals surface area (Å²) in [6.45, 7) is 2.00. The zero-order chi connectivity index (χ0) is 53.0. The quantitative estimate of drug-likeness (QED) is 0.0446. The van der Waals surface area contributed by atoms with Crippen molar-refractivity contribution in [1.82, 2.24) is 31.2 Å². The van der Waals surface area contributed by atoms with E-state index in [4.69, 9.17) is 9.47 Å². The van der Waals surface area contributed by atoms with E-state index in [0.717, 1.165) is 52.4 Å². The highest BCUT2D eigenvalue weighted by molar-refractivity contribution is 5.84. The van der Waals surface area contributed by atoms with E-state index in [-0.39, 0.29) is 51.6 Å². The first-order valence-corrected chi connectivity index (χ1v) is 25.4. The summed E-state index contributed by atoms with van der Waals surface area (Å²) in [5.74, 6) is -4.93. The normalized spacial score (nSPS) is 21.0. The number of rotatable bonds is 21. The van der Waals surface area contributed by atoms with Crippen LogP contribution in [0.5, 0.6) is 11.8 Å². The third-order valence-corrected chi connectivity index (χ3v) is 15.2. The molecule has 8 atom stereocenters. The van der Waals surface area contributed by atoms with Crippen LogP contribution in [0.15, 0.2) is 73.1 Å². The smallest absolute Gasteiger partial charge is 0.391 e. The van der Waals surface area contributed by atoms with E-state index < -0.39 is 95.2 Å². The summed E-state index contributed by atoms with van der Waals surface area (Å²) < 4.78 is 122. The van der Waals surface area contributed by atoms with E-state index in [1.807, 2.05) is 0 Å². The molecule has 402 valence electrons. The van der Waals surface area contributed by atoms with Crippen molar-refractivity contribution in [2.45, 2.75) is 164 Å². The number of benzene rings is 2. The molecule has 0 unspecified atom stereocenters. The minimum atomic E-state index is -4.40. The number of fused-ring (bicyclic) bond motifs is 2. The Labute approximate surface area is 424 Å². The third kappa shape index (κ3) is 13.9. The van der Waals surface area contributed by atoms with Gasteiger partial charge >= 0.3 is 12.4 Å². The topological polar surface area (TPSA) is 167 Å². The maximum atomic E-state index is 14.4. The Morgan fingerprint density at radius 3 is 1.35 bits per heavy atom. The van der Waals surface area contributed by atoms with Crippen LogP contribution in [0.25, 0.3) is 0 Å². The average Bonchev–Trinajstić information content (AvgIpc) is 3.32. The van der Waals surface area contributed by atoms with Crippen molar-refractivity contribution in [3.05, 3.63) is 118 Å². The van der Waals surface area contributed by atoms with Gasteiger partial charge in [-0.15, -0.1) is 0 Å². The van der Waals surface area contributed by atoms with Crippen molar-refractivity contribution in [1.29, 1.82) is 0 Å². The minimum absolute atomic E-state index is 0.00838. The van der Waals surface area contributed by atoms with Crippen LogP contribution < -0.4 is 30.7 Å². The van der Waals surface area contributed by atoms with E-state index in [1.165, 1.54) is 48.8 Å². The number of hydrogen-bond donors (Lipinski definition) is 6. The summed E-state index contributed by atoms with van der Waals surface area (Å²) in [7, 11) is 0. The molecule has 2 aliphatic heterocycles. The lowest BCUT2D eigenvalue weighted by atomic mass is 9.73. The van der Waals surface area contributed by atoms with Crippen LogP contribution in [0.1, 0.15) is 124 Å². The molecule has 0 bridgehead atoms. The number of aliphatic hydroxyl groups excluding tert-OH is 2. The number of aromatic nitrogens is 2. The predicted octanol–water partition coefficient (Wildman–Crippen LogP) is 8.57. The predicted molar refractivity (Wildman–Crippen MR) is 257 cm³/mol. The first kappa shape index (κ1) is 54.8. The van der Waals surface area contributed by atoms with Gasteiger partial charge in [0.25, 0.3) is 0 Å². The van der Waals surface area contributed by atoms with Gasteiger partial charge in [0, 0.05) is 74.4 Å². The zero-order valence-corrected chi connectivity index (χ0v) is 41.3. The molecule has 74 heavy (non-hydrogen) atoms. The number of pyridine rings is 2. The van der Waals surface area contributed by atoms with Crippen molar-refractivity contribution >= 4 is 11.8 Å². The number of alkyl halides is 6. The maximum Gasteiger partial charge on any atom is 0.391 e. The van der Waals surface area contributed by atoms with E-state index in [2.05, 4.69) is 31.2 Å². The number of nitrogens with zero attached hydrogens (tertiary/aromatic N) is 2. The molecule has 2 spiro atoms. The molecule has 4 aromatic rings. The summed E-state index contributed by atoms with van der Waals surface area (Å²) in [6.07, 6.45) is -4.16. The lowest BCUT2D eigenvalue weighted by Gasteiger charge is -2.47. The molecule has 2 saturated carbocycles. The molecule has 2 fully saturated rings. The minimum Gasteiger partial charge on any atom is -0.471 e. The molecule has 12 nitrogen and oxygen atoms in total. The number of nitrogens with one attached hydrogen (secondary N) is 4. The van der Waals surface area contributed by atoms with Crippen LogP contribution in [-0.2, 0) is 35.3 Å². The fourth-order valence-electron chi connectivity index (χ4n) is 10.4. The Kier molecular flexibility index (Phi) is 16.9. The number of hydrogen-bond acceptors (Lipinski definition) is 10. The van der Waals surface area contributed by atoms with Crippen LogP contribution in [-0.4, -0.2) is 92.9 Å². The highest BCUT2D eigenvalue weighted by Gasteiger charge is 2.48. The van der Waals surface area contributed by atoms with Crippen LogP contribution in [0.2, 0.25) is 0 Å². The molecular weight excluding hydrogens is 981 g/mol. The van der Waals surface area contributed by atoms with Gasteiger partial charge in [0.05, 0.1) is 36.1 Å². The lowest BCUT2D eigenvalue weighted by Crippen LogP contribution is -2.53. The molecule has 2 aliphatic carbocycles. The number of amides is 2. The Balaban J connectivity index is 0.923. The van der Waals surface area contributed by atoms with Gasteiger partial charge in [-0.1, -0.05) is 38.1 Å². The summed E-state index contributed by atoms with van der Waals surface area (Å²) in [5, 5.41) is 35.8. The second-order valence-corrected chi connectivity index (χ2v) is 21.0. The lowest BCUT2D eigenvalue weighted by molar-refractivity contribution is -0.169. The zero-order valence-electron chi connectivity index (χ0n) is 41.3. The van der Waals surface area contributed by atoms with E-state index in [1.54, 1.807) is 24.3 Å². The standard InChI is InChI=1S/C54H64F8N6O6/c1-31(53(57,58)59)17-35-21-39-43(25-51(13-5-14-51)73-49(39)65-27-35)63-29-45(69)41(23-33-7-3-9-37(55)19-33)67-47(71)11-12-48(72)68-42(24-34-8-4-10-38(56)20-34)46(70)30-64-44-26-52(15-6-16-52)74-50-40(44)22-36(28-66-50)18-32(2)54(60,61)62/h3-4,7-10,19-22,27-28,31-32,41-46,63-64,69-70H,5-6,11-18,23-26,29-30H2,1-2H3,(H,67,71)(H,68,72)/t31-,32+,41-,42-,43-,44-,45-,46-/m0/s1. The highest BCUT2D eigenvalue weighted by Crippen LogP contribution is 2.50. The third-order valence-electron chi connectivity index (χ3n) is 15.2. The molecule has 4 aliphatic rings. The van der Waals surface area contributed by atoms with Crippen LogP contribution >= 0.6 is 0 Å². The van der Waals surface area contributed by atoms with Gasteiger partial charge in [-0.05, 0) is 123 Å². The van der Waals surface area contributed by atoms with Gasteiger partial charge in [-0.2, -0.15) is 26.3 Å². The molecule has 20 heteroatoms. The SMILES string of the molecule is C[C@H](Cc1cnc2c(c1)[C@@H](NC[C@H](O)[C@H](Cc1cccc(F)c1)NC(=O)CCC(=O)N[C@@H](Cc1cccc(F)c1)[C@@H](O)CN[C@H]1CC3(CCC3)Oc3ncc(C[C@H](C)C(F)(F)F)cc31)CC1(CCC1)O2)C(F)(F)F. The monoisotopic (exact) mass is 1040 g/mol. The van der Waals surface area contributed by atoms with Crippen LogP contribution in [0, 0.1) is 23.5 Å². The molecule has 2 amide bonds. The number of carbonyl (C=O) groups excluding carboxylic acids is 2. The van der Waals surface area contributed by atoms with E-state index in [0.29, 0.717) is 58.0 Å². The van der Waals surface area contributed by atoms with Crippen molar-refractivity contribution in [3.8, 4) is 11.8 Å². The van der Waals surface area contributed by atoms with Gasteiger partial charge in [-0.3, -0.25) is 9.59 Å². The Morgan fingerprint density at radius 2 is 1.01 bits per heavy atom. The fourth-order valence-corrected chi connectivity index (χ4v) is 10.4. The van der Waals surface area contributed by atoms with Gasteiger partial charge in [0.2, 0.25) is 23.6 Å². The summed E-state index contributed by atoms with van der Waals surface area (Å²) in [6, 6.07) is 11.7. The summed E-state index contributed by atoms with van der Waals surface area (Å²) >= 11 is 0.